The SMILES string of the molecule is CC1CCC(NS(=O)(=O)c2cccnc2Cl)(C(=O)O)CC1. The van der Waals surface area contributed by atoms with E-state index in [-0.39, 0.29) is 22.9 Å². The van der Waals surface area contributed by atoms with Crippen LogP contribution in [0.2, 0.25) is 5.15 Å². The molecule has 6 nitrogen and oxygen atoms in total. The van der Waals surface area contributed by atoms with Crippen LogP contribution < -0.4 is 4.72 Å². The third-order valence-electron chi connectivity index (χ3n) is 3.88. The number of nitrogens with one attached hydrogen (secondary N) is 1. The molecule has 8 heteroatoms. The molecule has 1 heterocycles. The van der Waals surface area contributed by atoms with Gasteiger partial charge in [0.05, 0.1) is 0 Å². The van der Waals surface area contributed by atoms with E-state index >= 15 is 0 Å². The fraction of sp³-hybridized carbons (Fsp3) is 0.538. The van der Waals surface area contributed by atoms with Crippen LogP contribution >= 0.6 is 11.6 Å². The highest BCUT2D eigenvalue weighted by Gasteiger charge is 2.44. The minimum atomic E-state index is -4.04. The van der Waals surface area contributed by atoms with Crippen LogP contribution in [-0.4, -0.2) is 30.0 Å². The lowest BCUT2D eigenvalue weighted by Gasteiger charge is -2.36. The van der Waals surface area contributed by atoms with E-state index < -0.39 is 21.5 Å². The number of hydrogen-bond acceptors (Lipinski definition) is 4. The first-order valence-corrected chi connectivity index (χ1v) is 8.51. The Morgan fingerprint density at radius 2 is 2.10 bits per heavy atom. The topological polar surface area (TPSA) is 96.4 Å². The molecular weight excluding hydrogens is 316 g/mol. The largest absolute Gasteiger partial charge is 0.480 e. The van der Waals surface area contributed by atoms with Crippen molar-refractivity contribution >= 4 is 27.6 Å². The number of carbonyl (C=O) groups is 1. The molecule has 116 valence electrons. The van der Waals surface area contributed by atoms with Crippen molar-refractivity contribution in [1.29, 1.82) is 0 Å². The van der Waals surface area contributed by atoms with E-state index in [2.05, 4.69) is 9.71 Å². The summed E-state index contributed by atoms with van der Waals surface area (Å²) in [6, 6.07) is 2.75. The molecule has 0 aliphatic heterocycles. The molecule has 0 saturated heterocycles. The number of sulfonamides is 1. The van der Waals surface area contributed by atoms with Crippen LogP contribution in [-0.2, 0) is 14.8 Å². The number of hydrogen-bond donors (Lipinski definition) is 2. The van der Waals surface area contributed by atoms with Gasteiger partial charge in [-0.15, -0.1) is 0 Å². The summed E-state index contributed by atoms with van der Waals surface area (Å²) < 4.78 is 27.2. The summed E-state index contributed by atoms with van der Waals surface area (Å²) in [5.41, 5.74) is -1.47. The van der Waals surface area contributed by atoms with Crippen LogP contribution in [0.1, 0.15) is 32.6 Å². The zero-order valence-corrected chi connectivity index (χ0v) is 13.1. The summed E-state index contributed by atoms with van der Waals surface area (Å²) in [7, 11) is -4.04. The number of pyridine rings is 1. The molecule has 0 spiro atoms. The number of aliphatic carboxylic acids is 1. The Morgan fingerprint density at radius 1 is 1.48 bits per heavy atom. The molecule has 1 fully saturated rings. The molecule has 1 aromatic heterocycles. The molecule has 21 heavy (non-hydrogen) atoms. The first-order chi connectivity index (χ1) is 9.77. The summed E-state index contributed by atoms with van der Waals surface area (Å²) in [5, 5.41) is 9.31. The molecule has 2 N–H and O–H groups in total. The van der Waals surface area contributed by atoms with Crippen LogP contribution in [0.3, 0.4) is 0 Å². The minimum Gasteiger partial charge on any atom is -0.480 e. The molecule has 1 aliphatic rings. The average Bonchev–Trinajstić information content (AvgIpc) is 2.41. The van der Waals surface area contributed by atoms with E-state index in [1.807, 2.05) is 6.92 Å². The van der Waals surface area contributed by atoms with Gasteiger partial charge in [-0.2, -0.15) is 4.72 Å². The number of aromatic nitrogens is 1. The number of carboxylic acid groups (broad SMARTS) is 1. The quantitative estimate of drug-likeness (QED) is 0.822. The zero-order valence-electron chi connectivity index (χ0n) is 11.5. The summed E-state index contributed by atoms with van der Waals surface area (Å²) >= 11 is 5.80. The van der Waals surface area contributed by atoms with Crippen LogP contribution in [0.25, 0.3) is 0 Å². The van der Waals surface area contributed by atoms with Gasteiger partial charge >= 0.3 is 5.97 Å². The average molecular weight is 333 g/mol. The Labute approximate surface area is 128 Å². The maximum Gasteiger partial charge on any atom is 0.324 e. The van der Waals surface area contributed by atoms with Gasteiger partial charge in [0.2, 0.25) is 10.0 Å². The fourth-order valence-electron chi connectivity index (χ4n) is 2.50. The smallest absolute Gasteiger partial charge is 0.324 e. The van der Waals surface area contributed by atoms with Crippen molar-refractivity contribution in [1.82, 2.24) is 9.71 Å². The summed E-state index contributed by atoms with van der Waals surface area (Å²) in [4.78, 5) is 15.1. The van der Waals surface area contributed by atoms with Gasteiger partial charge < -0.3 is 5.11 Å². The number of nitrogens with zero attached hydrogens (tertiary/aromatic N) is 1. The molecule has 0 amide bonds. The van der Waals surface area contributed by atoms with Gasteiger partial charge in [-0.25, -0.2) is 13.4 Å². The lowest BCUT2D eigenvalue weighted by Crippen LogP contribution is -2.56. The van der Waals surface area contributed by atoms with Crippen LogP contribution in [0.4, 0.5) is 0 Å². The molecule has 1 aliphatic carbocycles. The number of halogens is 1. The molecule has 1 saturated carbocycles. The van der Waals surface area contributed by atoms with E-state index in [4.69, 9.17) is 11.6 Å². The van der Waals surface area contributed by atoms with E-state index in [1.165, 1.54) is 18.3 Å². The van der Waals surface area contributed by atoms with Gasteiger partial charge in [0.15, 0.2) is 0 Å². The second-order valence-electron chi connectivity index (χ2n) is 5.47. The van der Waals surface area contributed by atoms with Crippen molar-refractivity contribution in [3.8, 4) is 0 Å². The third-order valence-corrected chi connectivity index (χ3v) is 5.86. The lowest BCUT2D eigenvalue weighted by atomic mass is 9.78. The lowest BCUT2D eigenvalue weighted by molar-refractivity contribution is -0.145. The second-order valence-corrected chi connectivity index (χ2v) is 7.48. The van der Waals surface area contributed by atoms with Gasteiger partial charge in [-0.05, 0) is 43.7 Å². The monoisotopic (exact) mass is 332 g/mol. The van der Waals surface area contributed by atoms with Crippen molar-refractivity contribution in [2.45, 2.75) is 43.0 Å². The molecule has 0 aromatic carbocycles. The van der Waals surface area contributed by atoms with Crippen molar-refractivity contribution in [2.75, 3.05) is 0 Å². The Balaban J connectivity index is 2.33. The molecular formula is C13H17ClN2O4S. The fourth-order valence-corrected chi connectivity index (χ4v) is 4.37. The van der Waals surface area contributed by atoms with Gasteiger partial charge in [-0.1, -0.05) is 18.5 Å². The van der Waals surface area contributed by atoms with Crippen molar-refractivity contribution in [3.05, 3.63) is 23.5 Å². The summed E-state index contributed by atoms with van der Waals surface area (Å²) in [6.45, 7) is 2.03. The van der Waals surface area contributed by atoms with Crippen molar-refractivity contribution in [3.63, 3.8) is 0 Å². The summed E-state index contributed by atoms with van der Waals surface area (Å²) in [5.74, 6) is -0.762. The molecule has 2 rings (SSSR count). The molecule has 0 radical (unpaired) electrons. The molecule has 0 bridgehead atoms. The molecule has 1 aromatic rings. The van der Waals surface area contributed by atoms with Crippen LogP contribution in [0, 0.1) is 5.92 Å². The molecule has 0 atom stereocenters. The van der Waals surface area contributed by atoms with Gasteiger partial charge in [0.25, 0.3) is 0 Å². The van der Waals surface area contributed by atoms with E-state index in [1.54, 1.807) is 0 Å². The zero-order chi connectivity index (χ0) is 15.7. The predicted molar refractivity (Wildman–Crippen MR) is 77.6 cm³/mol. The Hall–Kier alpha value is -1.18. The standard InChI is InChI=1S/C13H17ClN2O4S/c1-9-4-6-13(7-5-9,12(17)18)16-21(19,20)10-3-2-8-15-11(10)14/h2-3,8-9,16H,4-7H2,1H3,(H,17,18). The Morgan fingerprint density at radius 3 is 2.62 bits per heavy atom. The van der Waals surface area contributed by atoms with E-state index in [9.17, 15) is 18.3 Å². The highest BCUT2D eigenvalue weighted by atomic mass is 35.5. The Bertz CT molecular complexity index is 639. The minimum absolute atomic E-state index is 0.172. The number of rotatable bonds is 4. The Kier molecular flexibility index (Phi) is 4.55. The second kappa shape index (κ2) is 5.90. The molecule has 0 unspecified atom stereocenters. The first-order valence-electron chi connectivity index (χ1n) is 6.65. The number of carboxylic acids is 1. The van der Waals surface area contributed by atoms with E-state index in [0.29, 0.717) is 18.8 Å². The highest BCUT2D eigenvalue weighted by Crippen LogP contribution is 2.34. The normalized spacial score (nSPS) is 26.5. The third kappa shape index (κ3) is 3.36. The van der Waals surface area contributed by atoms with E-state index in [0.717, 1.165) is 0 Å². The van der Waals surface area contributed by atoms with Crippen molar-refractivity contribution in [2.24, 2.45) is 5.92 Å². The maximum absolute atomic E-state index is 12.4. The van der Waals surface area contributed by atoms with Crippen LogP contribution in [0.15, 0.2) is 23.2 Å². The predicted octanol–water partition coefficient (Wildman–Crippen LogP) is 2.05. The highest BCUT2D eigenvalue weighted by molar-refractivity contribution is 7.89. The van der Waals surface area contributed by atoms with Gasteiger partial charge in [-0.3, -0.25) is 4.79 Å². The summed E-state index contributed by atoms with van der Waals surface area (Å²) in [6.07, 6.45) is 3.23. The van der Waals surface area contributed by atoms with Gasteiger partial charge in [0, 0.05) is 6.20 Å². The van der Waals surface area contributed by atoms with Crippen LogP contribution in [0.5, 0.6) is 0 Å². The van der Waals surface area contributed by atoms with Crippen molar-refractivity contribution < 1.29 is 18.3 Å². The maximum atomic E-state index is 12.4. The van der Waals surface area contributed by atoms with Gasteiger partial charge in [0.1, 0.15) is 15.6 Å². The first kappa shape index (κ1) is 16.2.